The average Bonchev–Trinajstić information content (AvgIpc) is 2.98. The third-order valence-corrected chi connectivity index (χ3v) is 6.69. The van der Waals surface area contributed by atoms with Crippen molar-refractivity contribution < 1.29 is 35.9 Å². The molecule has 0 saturated carbocycles. The van der Waals surface area contributed by atoms with E-state index in [1.807, 2.05) is 45.9 Å². The fraction of sp³-hybridized carbons (Fsp3) is 0.462. The summed E-state index contributed by atoms with van der Waals surface area (Å²) in [6.45, 7) is 8.84. The van der Waals surface area contributed by atoms with E-state index in [2.05, 4.69) is 5.32 Å². The van der Waals surface area contributed by atoms with Crippen LogP contribution in [0.5, 0.6) is 0 Å². The zero-order valence-corrected chi connectivity index (χ0v) is 20.6. The van der Waals surface area contributed by atoms with E-state index in [1.54, 1.807) is 6.92 Å². The van der Waals surface area contributed by atoms with Crippen molar-refractivity contribution in [1.82, 2.24) is 0 Å². The van der Waals surface area contributed by atoms with Crippen LogP contribution in [0.15, 0.2) is 36.4 Å². The van der Waals surface area contributed by atoms with Crippen molar-refractivity contribution in [1.29, 1.82) is 0 Å². The SMILES string of the molecule is Cc1cccc(C)c1N1CC(CC(C)C)(C(=O)Nc2cc(C(F)(F)F)cc(C(F)(F)F)c2)[C@H](C)C1=O. The van der Waals surface area contributed by atoms with Gasteiger partial charge in [-0.15, -0.1) is 0 Å². The summed E-state index contributed by atoms with van der Waals surface area (Å²) < 4.78 is 79.9. The second kappa shape index (κ2) is 9.44. The average molecular weight is 515 g/mol. The number of hydrogen-bond donors (Lipinski definition) is 1. The van der Waals surface area contributed by atoms with Crippen molar-refractivity contribution in [3.05, 3.63) is 58.7 Å². The molecule has 0 aromatic heterocycles. The molecular weight excluding hydrogens is 486 g/mol. The zero-order valence-electron chi connectivity index (χ0n) is 20.6. The molecule has 2 amide bonds. The molecule has 4 nitrogen and oxygen atoms in total. The number of alkyl halides is 6. The first-order valence-corrected chi connectivity index (χ1v) is 11.5. The Balaban J connectivity index is 2.07. The van der Waals surface area contributed by atoms with Crippen molar-refractivity contribution in [2.45, 2.75) is 53.4 Å². The second-order valence-electron chi connectivity index (χ2n) is 9.89. The first-order valence-electron chi connectivity index (χ1n) is 11.5. The maximum Gasteiger partial charge on any atom is 0.416 e. The lowest BCUT2D eigenvalue weighted by Gasteiger charge is -2.32. The molecule has 1 unspecified atom stereocenters. The minimum absolute atomic E-state index is 0.00392. The van der Waals surface area contributed by atoms with Gasteiger partial charge in [0, 0.05) is 17.9 Å². The predicted octanol–water partition coefficient (Wildman–Crippen LogP) is 6.99. The molecule has 2 atom stereocenters. The number of halogens is 6. The summed E-state index contributed by atoms with van der Waals surface area (Å²) in [4.78, 5) is 28.5. The lowest BCUT2D eigenvalue weighted by Crippen LogP contribution is -2.43. The highest BCUT2D eigenvalue weighted by Gasteiger charge is 2.55. The predicted molar refractivity (Wildman–Crippen MR) is 124 cm³/mol. The van der Waals surface area contributed by atoms with Crippen LogP contribution in [-0.2, 0) is 21.9 Å². The van der Waals surface area contributed by atoms with Crippen LogP contribution in [0, 0.1) is 31.1 Å². The van der Waals surface area contributed by atoms with E-state index >= 15 is 0 Å². The second-order valence-corrected chi connectivity index (χ2v) is 9.89. The van der Waals surface area contributed by atoms with Gasteiger partial charge in [-0.2, -0.15) is 26.3 Å². The standard InChI is InChI=1S/C26H28F6N2O2/c1-14(2)12-24(13-34(22(35)17(24)5)21-15(3)7-6-8-16(21)4)23(36)33-20-10-18(25(27,28)29)9-19(11-20)26(30,31)32/h6-11,14,17H,12-13H2,1-5H3,(H,33,36)/t17-,24?/m1/s1. The van der Waals surface area contributed by atoms with Crippen molar-refractivity contribution in [2.24, 2.45) is 17.3 Å². The van der Waals surface area contributed by atoms with Gasteiger partial charge in [-0.1, -0.05) is 39.0 Å². The number of carbonyl (C=O) groups is 2. The van der Waals surface area contributed by atoms with Crippen molar-refractivity contribution in [3.63, 3.8) is 0 Å². The number of hydrogen-bond acceptors (Lipinski definition) is 2. The van der Waals surface area contributed by atoms with Gasteiger partial charge in [-0.05, 0) is 55.5 Å². The number of aryl methyl sites for hydroxylation is 2. The minimum atomic E-state index is -5.05. The zero-order chi connectivity index (χ0) is 27.2. The van der Waals surface area contributed by atoms with Gasteiger partial charge in [0.25, 0.3) is 0 Å². The van der Waals surface area contributed by atoms with Crippen LogP contribution in [0.3, 0.4) is 0 Å². The summed E-state index contributed by atoms with van der Waals surface area (Å²) in [5.41, 5.74) is -2.79. The number of amides is 2. The fourth-order valence-corrected chi connectivity index (χ4v) is 5.00. The molecular formula is C26H28F6N2O2. The molecule has 0 aliphatic carbocycles. The van der Waals surface area contributed by atoms with E-state index in [0.717, 1.165) is 11.1 Å². The number of para-hydroxylation sites is 1. The summed E-state index contributed by atoms with van der Waals surface area (Å²) in [5.74, 6) is -2.07. The summed E-state index contributed by atoms with van der Waals surface area (Å²) in [6, 6.07) is 6.43. The molecule has 1 N–H and O–H groups in total. The quantitative estimate of drug-likeness (QED) is 0.437. The Hall–Kier alpha value is -3.04. The summed E-state index contributed by atoms with van der Waals surface area (Å²) in [6.07, 6.45) is -9.89. The van der Waals surface area contributed by atoms with Crippen LogP contribution < -0.4 is 10.2 Å². The number of anilines is 2. The lowest BCUT2D eigenvalue weighted by molar-refractivity contribution is -0.143. The molecule has 36 heavy (non-hydrogen) atoms. The van der Waals surface area contributed by atoms with E-state index in [4.69, 9.17) is 0 Å². The molecule has 2 aromatic carbocycles. The first-order chi connectivity index (χ1) is 16.5. The monoisotopic (exact) mass is 514 g/mol. The number of benzene rings is 2. The normalized spacial score (nSPS) is 20.8. The van der Waals surface area contributed by atoms with Crippen molar-refractivity contribution >= 4 is 23.2 Å². The molecule has 196 valence electrons. The number of nitrogens with one attached hydrogen (secondary N) is 1. The molecule has 0 spiro atoms. The Morgan fingerprint density at radius 3 is 1.97 bits per heavy atom. The maximum atomic E-state index is 13.6. The molecule has 3 rings (SSSR count). The molecule has 10 heteroatoms. The highest BCUT2D eigenvalue weighted by molar-refractivity contribution is 6.07. The molecule has 0 radical (unpaired) electrons. The molecule has 1 heterocycles. The smallest absolute Gasteiger partial charge is 0.326 e. The van der Waals surface area contributed by atoms with Gasteiger partial charge in [0.1, 0.15) is 0 Å². The molecule has 2 aromatic rings. The van der Waals surface area contributed by atoms with Gasteiger partial charge in [-0.3, -0.25) is 9.59 Å². The van der Waals surface area contributed by atoms with Crippen LogP contribution in [0.1, 0.15) is 49.4 Å². The van der Waals surface area contributed by atoms with Gasteiger partial charge in [-0.25, -0.2) is 0 Å². The van der Waals surface area contributed by atoms with Crippen molar-refractivity contribution in [2.75, 3.05) is 16.8 Å². The number of rotatable bonds is 5. The Bertz CT molecular complexity index is 1120. The van der Waals surface area contributed by atoms with Gasteiger partial charge in [0.15, 0.2) is 0 Å². The van der Waals surface area contributed by atoms with E-state index in [1.165, 1.54) is 4.90 Å². The van der Waals surface area contributed by atoms with Crippen LogP contribution in [0.4, 0.5) is 37.7 Å². The van der Waals surface area contributed by atoms with Crippen LogP contribution in [0.2, 0.25) is 0 Å². The molecule has 1 saturated heterocycles. The van der Waals surface area contributed by atoms with Crippen molar-refractivity contribution in [3.8, 4) is 0 Å². The molecule has 1 fully saturated rings. The number of nitrogens with zero attached hydrogens (tertiary/aromatic N) is 1. The highest BCUT2D eigenvalue weighted by Crippen LogP contribution is 2.46. The highest BCUT2D eigenvalue weighted by atomic mass is 19.4. The lowest BCUT2D eigenvalue weighted by atomic mass is 9.72. The van der Waals surface area contributed by atoms with Gasteiger partial charge < -0.3 is 10.2 Å². The Kier molecular flexibility index (Phi) is 7.22. The first kappa shape index (κ1) is 27.5. The summed E-state index contributed by atoms with van der Waals surface area (Å²) >= 11 is 0. The molecule has 1 aliphatic rings. The third kappa shape index (κ3) is 5.22. The van der Waals surface area contributed by atoms with Gasteiger partial charge >= 0.3 is 12.4 Å². The van der Waals surface area contributed by atoms with Crippen LogP contribution >= 0.6 is 0 Å². The van der Waals surface area contributed by atoms with Gasteiger partial charge in [0.05, 0.1) is 22.5 Å². The largest absolute Gasteiger partial charge is 0.416 e. The topological polar surface area (TPSA) is 49.4 Å². The summed E-state index contributed by atoms with van der Waals surface area (Å²) in [5, 5.41) is 2.29. The van der Waals surface area contributed by atoms with E-state index in [-0.39, 0.29) is 30.9 Å². The Labute approximate surface area is 205 Å². The molecule has 1 aliphatic heterocycles. The third-order valence-electron chi connectivity index (χ3n) is 6.69. The summed E-state index contributed by atoms with van der Waals surface area (Å²) in [7, 11) is 0. The fourth-order valence-electron chi connectivity index (χ4n) is 5.00. The Morgan fingerprint density at radius 2 is 1.53 bits per heavy atom. The van der Waals surface area contributed by atoms with Crippen LogP contribution in [0.25, 0.3) is 0 Å². The minimum Gasteiger partial charge on any atom is -0.326 e. The van der Waals surface area contributed by atoms with Gasteiger partial charge in [0.2, 0.25) is 11.8 Å². The van der Waals surface area contributed by atoms with E-state index in [0.29, 0.717) is 17.8 Å². The van der Waals surface area contributed by atoms with E-state index < -0.39 is 46.4 Å². The number of carbonyl (C=O) groups excluding carboxylic acids is 2. The maximum absolute atomic E-state index is 13.6. The Morgan fingerprint density at radius 1 is 1.03 bits per heavy atom. The van der Waals surface area contributed by atoms with Crippen LogP contribution in [-0.4, -0.2) is 18.4 Å². The molecule has 0 bridgehead atoms. The van der Waals surface area contributed by atoms with E-state index in [9.17, 15) is 35.9 Å².